The number of hydrogen-bond donors (Lipinski definition) is 0. The Balaban J connectivity index is 2.18. The van der Waals surface area contributed by atoms with E-state index >= 15 is 0 Å². The van der Waals surface area contributed by atoms with E-state index in [9.17, 15) is 19.7 Å². The number of aromatic nitrogens is 2. The summed E-state index contributed by atoms with van der Waals surface area (Å²) in [5, 5.41) is 16.2. The van der Waals surface area contributed by atoms with Crippen molar-refractivity contribution in [2.24, 2.45) is 5.10 Å². The minimum absolute atomic E-state index is 0.0462. The van der Waals surface area contributed by atoms with Gasteiger partial charge in [-0.3, -0.25) is 14.9 Å². The standard InChI is InChI=1S/C21H18BrClN4O6/c1-4-18-25-16-6-5-13(22)8-15(16)20(28)26(18)24-10-12-7-14(23)9-17(27(30)31)19(12)33-11(2)21(29)32-3/h5-11H,4H2,1-3H3/t11-/m0/s1. The van der Waals surface area contributed by atoms with Crippen LogP contribution in [0, 0.1) is 10.1 Å². The second-order valence-electron chi connectivity index (χ2n) is 6.79. The van der Waals surface area contributed by atoms with Crippen LogP contribution in [-0.2, 0) is 16.0 Å². The highest BCUT2D eigenvalue weighted by atomic mass is 79.9. The van der Waals surface area contributed by atoms with Crippen LogP contribution in [0.2, 0.25) is 5.02 Å². The normalized spacial score (nSPS) is 12.2. The lowest BCUT2D eigenvalue weighted by molar-refractivity contribution is -0.386. The fraction of sp³-hybridized carbons (Fsp3) is 0.238. The molecule has 0 bridgehead atoms. The summed E-state index contributed by atoms with van der Waals surface area (Å²) in [6, 6.07) is 7.59. The molecule has 0 aliphatic rings. The van der Waals surface area contributed by atoms with E-state index in [4.69, 9.17) is 16.3 Å². The number of fused-ring (bicyclic) bond motifs is 1. The van der Waals surface area contributed by atoms with Crippen molar-refractivity contribution >= 4 is 56.3 Å². The molecule has 0 unspecified atom stereocenters. The molecule has 0 saturated heterocycles. The third-order valence-electron chi connectivity index (χ3n) is 4.59. The van der Waals surface area contributed by atoms with Gasteiger partial charge in [-0.15, -0.1) is 0 Å². The number of benzene rings is 2. The van der Waals surface area contributed by atoms with Crippen LogP contribution in [0.25, 0.3) is 10.9 Å². The van der Waals surface area contributed by atoms with Gasteiger partial charge >= 0.3 is 11.7 Å². The molecule has 2 aromatic carbocycles. The van der Waals surface area contributed by atoms with Crippen molar-refractivity contribution in [1.29, 1.82) is 0 Å². The number of carbonyl (C=O) groups excluding carboxylic acids is 1. The number of halogens is 2. The SMILES string of the molecule is CCc1nc2ccc(Br)cc2c(=O)n1N=Cc1cc(Cl)cc([N+](=O)[O-])c1O[C@@H](C)C(=O)OC. The molecule has 172 valence electrons. The Bertz CT molecular complexity index is 1340. The Hall–Kier alpha value is -3.31. The maximum absolute atomic E-state index is 13.1. The van der Waals surface area contributed by atoms with Gasteiger partial charge in [0.1, 0.15) is 5.82 Å². The smallest absolute Gasteiger partial charge is 0.346 e. The lowest BCUT2D eigenvalue weighted by Crippen LogP contribution is -2.26. The Morgan fingerprint density at radius 2 is 2.12 bits per heavy atom. The van der Waals surface area contributed by atoms with Gasteiger partial charge in [0.25, 0.3) is 5.56 Å². The molecule has 0 saturated carbocycles. The van der Waals surface area contributed by atoms with E-state index in [2.05, 4.69) is 30.8 Å². The summed E-state index contributed by atoms with van der Waals surface area (Å²) in [5.41, 5.74) is -0.284. The predicted molar refractivity (Wildman–Crippen MR) is 126 cm³/mol. The zero-order valence-corrected chi connectivity index (χ0v) is 20.1. The lowest BCUT2D eigenvalue weighted by Gasteiger charge is -2.15. The maximum atomic E-state index is 13.1. The van der Waals surface area contributed by atoms with Crippen molar-refractivity contribution in [3.05, 3.63) is 71.7 Å². The number of nitrogens with zero attached hydrogens (tertiary/aromatic N) is 4. The Morgan fingerprint density at radius 1 is 1.39 bits per heavy atom. The van der Waals surface area contributed by atoms with Gasteiger partial charge in [-0.1, -0.05) is 34.5 Å². The van der Waals surface area contributed by atoms with E-state index in [0.717, 1.165) is 10.7 Å². The molecule has 0 aliphatic carbocycles. The first-order valence-electron chi connectivity index (χ1n) is 9.64. The molecule has 33 heavy (non-hydrogen) atoms. The summed E-state index contributed by atoms with van der Waals surface area (Å²) in [4.78, 5) is 40.3. The van der Waals surface area contributed by atoms with Gasteiger partial charge in [-0.2, -0.15) is 9.78 Å². The van der Waals surface area contributed by atoms with Crippen LogP contribution in [-0.4, -0.2) is 40.0 Å². The van der Waals surface area contributed by atoms with Gasteiger partial charge in [-0.05, 0) is 31.2 Å². The summed E-state index contributed by atoms with van der Waals surface area (Å²) < 4.78 is 12.0. The molecule has 0 spiro atoms. The molecule has 0 N–H and O–H groups in total. The van der Waals surface area contributed by atoms with Crippen LogP contribution in [0.5, 0.6) is 5.75 Å². The Morgan fingerprint density at radius 3 is 2.76 bits per heavy atom. The summed E-state index contributed by atoms with van der Waals surface area (Å²) in [6.07, 6.45) is 0.456. The van der Waals surface area contributed by atoms with Gasteiger partial charge in [0, 0.05) is 27.5 Å². The number of ether oxygens (including phenoxy) is 2. The summed E-state index contributed by atoms with van der Waals surface area (Å²) in [6.45, 7) is 3.20. The molecule has 3 rings (SSSR count). The first-order valence-corrected chi connectivity index (χ1v) is 10.8. The quantitative estimate of drug-likeness (QED) is 0.192. The van der Waals surface area contributed by atoms with Crippen molar-refractivity contribution < 1.29 is 19.2 Å². The second kappa shape index (κ2) is 10.1. The number of nitro benzene ring substituents is 1. The number of hydrogen-bond acceptors (Lipinski definition) is 8. The summed E-state index contributed by atoms with van der Waals surface area (Å²) in [7, 11) is 1.17. The van der Waals surface area contributed by atoms with Crippen molar-refractivity contribution in [3.63, 3.8) is 0 Å². The molecule has 0 radical (unpaired) electrons. The highest BCUT2D eigenvalue weighted by Crippen LogP contribution is 2.34. The number of methoxy groups -OCH3 is 1. The highest BCUT2D eigenvalue weighted by molar-refractivity contribution is 9.10. The molecule has 1 aromatic heterocycles. The molecule has 0 aliphatic heterocycles. The highest BCUT2D eigenvalue weighted by Gasteiger charge is 2.25. The van der Waals surface area contributed by atoms with E-state index in [-0.39, 0.29) is 16.3 Å². The molecule has 1 atom stereocenters. The van der Waals surface area contributed by atoms with Crippen molar-refractivity contribution in [2.45, 2.75) is 26.4 Å². The van der Waals surface area contributed by atoms with Crippen molar-refractivity contribution in [3.8, 4) is 5.75 Å². The average Bonchev–Trinajstić information content (AvgIpc) is 2.78. The second-order valence-corrected chi connectivity index (χ2v) is 8.14. The number of aryl methyl sites for hydroxylation is 1. The van der Waals surface area contributed by atoms with Gasteiger partial charge < -0.3 is 9.47 Å². The first-order chi connectivity index (χ1) is 15.7. The topological polar surface area (TPSA) is 126 Å². The fourth-order valence-electron chi connectivity index (χ4n) is 3.01. The first kappa shape index (κ1) is 24.3. The van der Waals surface area contributed by atoms with Gasteiger partial charge in [0.2, 0.25) is 5.75 Å². The van der Waals surface area contributed by atoms with Crippen molar-refractivity contribution in [2.75, 3.05) is 7.11 Å². The zero-order chi connectivity index (χ0) is 24.3. The molecular formula is C21H18BrClN4O6. The number of nitro groups is 1. The van der Waals surface area contributed by atoms with Crippen LogP contribution >= 0.6 is 27.5 Å². The Kier molecular flexibility index (Phi) is 7.44. The zero-order valence-electron chi connectivity index (χ0n) is 17.7. The van der Waals surface area contributed by atoms with Crippen molar-refractivity contribution in [1.82, 2.24) is 9.66 Å². The van der Waals surface area contributed by atoms with Gasteiger partial charge in [0.15, 0.2) is 6.10 Å². The number of rotatable bonds is 7. The van der Waals surface area contributed by atoms with Gasteiger partial charge in [0.05, 0.1) is 29.2 Å². The van der Waals surface area contributed by atoms with Gasteiger partial charge in [-0.25, -0.2) is 9.78 Å². The summed E-state index contributed by atoms with van der Waals surface area (Å²) >= 11 is 9.39. The van der Waals surface area contributed by atoms with Crippen LogP contribution in [0.3, 0.4) is 0 Å². The minimum atomic E-state index is -1.14. The predicted octanol–water partition coefficient (Wildman–Crippen LogP) is 4.11. The molecule has 3 aromatic rings. The van der Waals surface area contributed by atoms with E-state index in [1.54, 1.807) is 18.2 Å². The van der Waals surface area contributed by atoms with E-state index in [0.29, 0.717) is 27.6 Å². The van der Waals surface area contributed by atoms with Crippen LogP contribution in [0.1, 0.15) is 25.2 Å². The van der Waals surface area contributed by atoms with Crippen LogP contribution < -0.4 is 10.3 Å². The van der Waals surface area contributed by atoms with E-state index < -0.39 is 28.2 Å². The van der Waals surface area contributed by atoms with E-state index in [1.165, 1.54) is 26.3 Å². The summed E-state index contributed by atoms with van der Waals surface area (Å²) in [5.74, 6) is -0.586. The molecule has 0 amide bonds. The number of carbonyl (C=O) groups is 1. The molecule has 10 nitrogen and oxygen atoms in total. The fourth-order valence-corrected chi connectivity index (χ4v) is 3.60. The molecule has 12 heteroatoms. The monoisotopic (exact) mass is 536 g/mol. The third-order valence-corrected chi connectivity index (χ3v) is 5.30. The number of esters is 1. The average molecular weight is 538 g/mol. The van der Waals surface area contributed by atoms with Crippen LogP contribution in [0.4, 0.5) is 5.69 Å². The largest absolute Gasteiger partial charge is 0.471 e. The maximum Gasteiger partial charge on any atom is 0.346 e. The molecule has 1 heterocycles. The van der Waals surface area contributed by atoms with E-state index in [1.807, 2.05) is 6.92 Å². The minimum Gasteiger partial charge on any atom is -0.471 e. The third kappa shape index (κ3) is 5.20. The lowest BCUT2D eigenvalue weighted by atomic mass is 10.2. The Labute approximate surface area is 201 Å². The molecular weight excluding hydrogens is 520 g/mol. The van der Waals surface area contributed by atoms with Crippen LogP contribution in [0.15, 0.2) is 44.7 Å². The molecule has 0 fully saturated rings.